The zero-order valence-corrected chi connectivity index (χ0v) is 17.7. The summed E-state index contributed by atoms with van der Waals surface area (Å²) >= 11 is 0. The molecule has 0 fully saturated rings. The van der Waals surface area contributed by atoms with Crippen molar-refractivity contribution in [2.75, 3.05) is 0 Å². The molecule has 4 aromatic carbocycles. The van der Waals surface area contributed by atoms with Crippen LogP contribution >= 0.6 is 0 Å². The van der Waals surface area contributed by atoms with E-state index in [9.17, 15) is 52.7 Å². The molecule has 0 saturated heterocycles. The van der Waals surface area contributed by atoms with Gasteiger partial charge in [0, 0.05) is 5.39 Å². The number of rotatable bonds is 6. The standard InChI is InChI=1S/C22H5BF12O3/c24-7-4-5-8(25)21(12(7)27)37-23(38-22-19(34)17(32)16(31)18(33)20(22)35)36-9-3-1-2-6-10(9)13(28)15(30)14(29)11(6)26/h1-5H. The lowest BCUT2D eigenvalue weighted by molar-refractivity contribution is 0.267. The number of benzene rings is 4. The first kappa shape index (κ1) is 26.8. The van der Waals surface area contributed by atoms with Crippen molar-refractivity contribution < 1.29 is 66.6 Å². The van der Waals surface area contributed by atoms with Crippen LogP contribution in [-0.2, 0) is 0 Å². The minimum absolute atomic E-state index is 0.276. The predicted octanol–water partition coefficient (Wildman–Crippen LogP) is 7.03. The van der Waals surface area contributed by atoms with Crippen molar-refractivity contribution in [2.45, 2.75) is 0 Å². The first-order valence-corrected chi connectivity index (χ1v) is 9.74. The third kappa shape index (κ3) is 4.39. The summed E-state index contributed by atoms with van der Waals surface area (Å²) in [6, 6.07) is 2.78. The van der Waals surface area contributed by atoms with Crippen LogP contribution in [0, 0.1) is 69.8 Å². The van der Waals surface area contributed by atoms with E-state index in [1.807, 2.05) is 0 Å². The van der Waals surface area contributed by atoms with Gasteiger partial charge in [0.15, 0.2) is 46.4 Å². The van der Waals surface area contributed by atoms with E-state index < -0.39 is 105 Å². The molecule has 4 aromatic rings. The van der Waals surface area contributed by atoms with Gasteiger partial charge in [-0.25, -0.2) is 39.5 Å². The first-order valence-electron chi connectivity index (χ1n) is 9.74. The predicted molar refractivity (Wildman–Crippen MR) is 104 cm³/mol. The van der Waals surface area contributed by atoms with E-state index in [1.165, 1.54) is 0 Å². The van der Waals surface area contributed by atoms with E-state index >= 15 is 0 Å². The Balaban J connectivity index is 1.89. The van der Waals surface area contributed by atoms with Gasteiger partial charge < -0.3 is 14.0 Å². The molecule has 0 bridgehead atoms. The lowest BCUT2D eigenvalue weighted by atomic mass is 10.1. The highest BCUT2D eigenvalue weighted by atomic mass is 19.2. The minimum Gasteiger partial charge on any atom is -0.489 e. The third-order valence-corrected chi connectivity index (χ3v) is 4.88. The van der Waals surface area contributed by atoms with Gasteiger partial charge in [0.05, 0.1) is 5.39 Å². The Hall–Kier alpha value is -4.24. The number of hydrogen-bond donors (Lipinski definition) is 0. The van der Waals surface area contributed by atoms with E-state index in [4.69, 9.17) is 4.65 Å². The average Bonchev–Trinajstić information content (AvgIpc) is 2.90. The third-order valence-electron chi connectivity index (χ3n) is 4.88. The van der Waals surface area contributed by atoms with Crippen LogP contribution in [0.1, 0.15) is 0 Å². The summed E-state index contributed by atoms with van der Waals surface area (Å²) in [7, 11) is -3.06. The van der Waals surface area contributed by atoms with E-state index in [0.717, 1.165) is 12.1 Å². The molecule has 198 valence electrons. The highest BCUT2D eigenvalue weighted by Crippen LogP contribution is 2.36. The molecule has 0 aliphatic heterocycles. The molecular weight excluding hydrogens is 551 g/mol. The molecule has 0 radical (unpaired) electrons. The average molecular weight is 556 g/mol. The topological polar surface area (TPSA) is 27.7 Å². The van der Waals surface area contributed by atoms with Gasteiger partial charge in [-0.15, -0.1) is 0 Å². The smallest absolute Gasteiger partial charge is 0.489 e. The SMILES string of the molecule is Fc1ccc(F)c(OB(Oc2c(F)c(F)c(F)c(F)c2F)Oc2cccc3c(F)c(F)c(F)c(F)c23)c1F. The molecular formula is C22H5BF12O3. The molecule has 0 N–H and O–H groups in total. The van der Waals surface area contributed by atoms with Crippen molar-refractivity contribution in [2.24, 2.45) is 0 Å². The number of hydrogen-bond acceptors (Lipinski definition) is 3. The molecule has 0 heterocycles. The molecule has 0 saturated carbocycles. The van der Waals surface area contributed by atoms with Gasteiger partial charge >= 0.3 is 7.32 Å². The Kier molecular flexibility index (Phi) is 6.99. The van der Waals surface area contributed by atoms with Gasteiger partial charge in [-0.05, 0) is 18.2 Å². The highest BCUT2D eigenvalue weighted by Gasteiger charge is 2.39. The second-order valence-electron chi connectivity index (χ2n) is 7.15. The van der Waals surface area contributed by atoms with Crippen LogP contribution in [0.4, 0.5) is 52.7 Å². The summed E-state index contributed by atoms with van der Waals surface area (Å²) in [4.78, 5) is 0. The molecule has 0 aliphatic rings. The molecule has 16 heteroatoms. The largest absolute Gasteiger partial charge is 0.864 e. The normalized spacial score (nSPS) is 11.2. The van der Waals surface area contributed by atoms with Gasteiger partial charge in [-0.2, -0.15) is 13.2 Å². The van der Waals surface area contributed by atoms with Crippen molar-refractivity contribution in [3.8, 4) is 17.2 Å². The van der Waals surface area contributed by atoms with Crippen molar-refractivity contribution in [3.63, 3.8) is 0 Å². The lowest BCUT2D eigenvalue weighted by Crippen LogP contribution is -2.38. The summed E-state index contributed by atoms with van der Waals surface area (Å²) in [6.07, 6.45) is 0. The molecule has 0 spiro atoms. The number of halogens is 12. The van der Waals surface area contributed by atoms with Crippen molar-refractivity contribution in [1.29, 1.82) is 0 Å². The summed E-state index contributed by atoms with van der Waals surface area (Å²) in [6.45, 7) is 0. The van der Waals surface area contributed by atoms with Crippen LogP contribution in [0.2, 0.25) is 0 Å². The summed E-state index contributed by atoms with van der Waals surface area (Å²) < 4.78 is 181. The molecule has 4 rings (SSSR count). The van der Waals surface area contributed by atoms with E-state index in [2.05, 4.69) is 9.31 Å². The van der Waals surface area contributed by atoms with Crippen molar-refractivity contribution in [1.82, 2.24) is 0 Å². The highest BCUT2D eigenvalue weighted by molar-refractivity contribution is 6.40. The Morgan fingerprint density at radius 1 is 0.421 bits per heavy atom. The van der Waals surface area contributed by atoms with Gasteiger partial charge in [-0.3, -0.25) is 0 Å². The quantitative estimate of drug-likeness (QED) is 0.111. The van der Waals surface area contributed by atoms with E-state index in [-0.39, 0.29) is 12.1 Å². The van der Waals surface area contributed by atoms with Crippen molar-refractivity contribution in [3.05, 3.63) is 100 Å². The second-order valence-corrected chi connectivity index (χ2v) is 7.15. The molecule has 0 aliphatic carbocycles. The van der Waals surface area contributed by atoms with Crippen LogP contribution in [0.25, 0.3) is 10.8 Å². The van der Waals surface area contributed by atoms with Gasteiger partial charge in [-0.1, -0.05) is 12.1 Å². The van der Waals surface area contributed by atoms with E-state index in [1.54, 1.807) is 0 Å². The fourth-order valence-electron chi connectivity index (χ4n) is 3.13. The fourth-order valence-corrected chi connectivity index (χ4v) is 3.13. The van der Waals surface area contributed by atoms with Crippen LogP contribution in [0.5, 0.6) is 17.2 Å². The fraction of sp³-hybridized carbons (Fsp3) is 0. The maximum absolute atomic E-state index is 14.5. The summed E-state index contributed by atoms with van der Waals surface area (Å²) in [5, 5.41) is -2.20. The molecule has 0 unspecified atom stereocenters. The number of fused-ring (bicyclic) bond motifs is 1. The molecule has 0 aromatic heterocycles. The van der Waals surface area contributed by atoms with Crippen LogP contribution < -0.4 is 14.0 Å². The van der Waals surface area contributed by atoms with Gasteiger partial charge in [0.1, 0.15) is 5.75 Å². The minimum atomic E-state index is -3.06. The monoisotopic (exact) mass is 556 g/mol. The van der Waals surface area contributed by atoms with Crippen LogP contribution in [0.15, 0.2) is 30.3 Å². The molecule has 0 amide bonds. The molecule has 0 atom stereocenters. The van der Waals surface area contributed by atoms with Crippen LogP contribution in [-0.4, -0.2) is 7.32 Å². The van der Waals surface area contributed by atoms with Crippen LogP contribution in [0.3, 0.4) is 0 Å². The summed E-state index contributed by atoms with van der Waals surface area (Å²) in [5.74, 6) is -32.2. The maximum Gasteiger partial charge on any atom is 0.864 e. The van der Waals surface area contributed by atoms with Crippen molar-refractivity contribution >= 4 is 18.1 Å². The zero-order chi connectivity index (χ0) is 28.0. The zero-order valence-electron chi connectivity index (χ0n) is 17.7. The lowest BCUT2D eigenvalue weighted by Gasteiger charge is -2.19. The molecule has 3 nitrogen and oxygen atoms in total. The molecule has 38 heavy (non-hydrogen) atoms. The Labute approximate surface area is 202 Å². The van der Waals surface area contributed by atoms with Gasteiger partial charge in [0.25, 0.3) is 0 Å². The summed E-state index contributed by atoms with van der Waals surface area (Å²) in [5.41, 5.74) is 0. The van der Waals surface area contributed by atoms with Gasteiger partial charge in [0.2, 0.25) is 34.9 Å². The van der Waals surface area contributed by atoms with E-state index in [0.29, 0.717) is 6.07 Å². The maximum atomic E-state index is 14.5. The Morgan fingerprint density at radius 3 is 1.55 bits per heavy atom. The Morgan fingerprint density at radius 2 is 0.921 bits per heavy atom. The first-order chi connectivity index (χ1) is 17.8. The second kappa shape index (κ2) is 9.91. The Bertz CT molecular complexity index is 1570.